The van der Waals surface area contributed by atoms with Crippen LogP contribution < -0.4 is 0 Å². The van der Waals surface area contributed by atoms with Gasteiger partial charge in [0, 0.05) is 31.3 Å². The summed E-state index contributed by atoms with van der Waals surface area (Å²) in [5, 5.41) is 9.06. The maximum Gasteiger partial charge on any atom is 0.185 e. The van der Waals surface area contributed by atoms with Crippen LogP contribution in [0.3, 0.4) is 0 Å². The third kappa shape index (κ3) is 5.58. The Kier molecular flexibility index (Phi) is 6.46. The molecule has 0 unspecified atom stereocenters. The lowest BCUT2D eigenvalue weighted by Gasteiger charge is -2.00. The third-order valence-corrected chi connectivity index (χ3v) is 2.97. The van der Waals surface area contributed by atoms with Crippen molar-refractivity contribution in [2.45, 2.75) is 19.8 Å². The molecule has 17 heavy (non-hydrogen) atoms. The molecule has 1 N–H and O–H groups in total. The molecule has 0 radical (unpaired) electrons. The fourth-order valence-corrected chi connectivity index (χ4v) is 1.88. The number of carbonyl (C=O) groups excluding carboxylic acids is 1. The van der Waals surface area contributed by atoms with E-state index in [2.05, 4.69) is 11.8 Å². The van der Waals surface area contributed by atoms with Crippen LogP contribution in [0.2, 0.25) is 0 Å². The van der Waals surface area contributed by atoms with Gasteiger partial charge in [-0.1, -0.05) is 41.8 Å². The number of hydrogen-bond acceptors (Lipinski definition) is 3. The summed E-state index contributed by atoms with van der Waals surface area (Å²) in [4.78, 5) is 10.7. The molecule has 0 saturated carbocycles. The van der Waals surface area contributed by atoms with Crippen LogP contribution in [0.4, 0.5) is 0 Å². The standard InChI is InChI=1S/C14H16O2S/c1-12(16)17-11-5-4-8-13-6-2-3-7-14(13)9-10-15/h2-3,6-7,15H,5,9-11H2,1H3. The summed E-state index contributed by atoms with van der Waals surface area (Å²) in [6.45, 7) is 1.70. The molecule has 0 spiro atoms. The van der Waals surface area contributed by atoms with Crippen molar-refractivity contribution in [3.05, 3.63) is 35.4 Å². The van der Waals surface area contributed by atoms with Crippen molar-refractivity contribution < 1.29 is 9.90 Å². The van der Waals surface area contributed by atoms with Gasteiger partial charge in [0.05, 0.1) is 0 Å². The van der Waals surface area contributed by atoms with Crippen LogP contribution in [0.5, 0.6) is 0 Å². The maximum absolute atomic E-state index is 10.7. The topological polar surface area (TPSA) is 37.3 Å². The predicted octanol–water partition coefficient (Wildman–Crippen LogP) is 2.24. The average molecular weight is 248 g/mol. The van der Waals surface area contributed by atoms with E-state index in [0.29, 0.717) is 12.8 Å². The smallest absolute Gasteiger partial charge is 0.185 e. The first-order chi connectivity index (χ1) is 8.24. The average Bonchev–Trinajstić information content (AvgIpc) is 2.31. The Labute approximate surface area is 106 Å². The second-order valence-electron chi connectivity index (χ2n) is 3.52. The van der Waals surface area contributed by atoms with Crippen molar-refractivity contribution >= 4 is 16.9 Å². The van der Waals surface area contributed by atoms with Crippen molar-refractivity contribution in [1.29, 1.82) is 0 Å². The molecule has 3 heteroatoms. The molecule has 1 aromatic rings. The quantitative estimate of drug-likeness (QED) is 0.656. The van der Waals surface area contributed by atoms with E-state index in [1.165, 1.54) is 11.8 Å². The molecule has 1 aromatic carbocycles. The van der Waals surface area contributed by atoms with Crippen molar-refractivity contribution in [3.63, 3.8) is 0 Å². The number of benzene rings is 1. The van der Waals surface area contributed by atoms with Gasteiger partial charge in [0.2, 0.25) is 0 Å². The Morgan fingerprint density at radius 3 is 2.88 bits per heavy atom. The van der Waals surface area contributed by atoms with Gasteiger partial charge in [0.1, 0.15) is 0 Å². The van der Waals surface area contributed by atoms with Crippen molar-refractivity contribution in [3.8, 4) is 11.8 Å². The fraction of sp³-hybridized carbons (Fsp3) is 0.357. The molecular weight excluding hydrogens is 232 g/mol. The minimum atomic E-state index is 0.132. The van der Waals surface area contributed by atoms with Crippen LogP contribution in [0.1, 0.15) is 24.5 Å². The van der Waals surface area contributed by atoms with Crippen LogP contribution in [0, 0.1) is 11.8 Å². The van der Waals surface area contributed by atoms with Crippen molar-refractivity contribution in [1.82, 2.24) is 0 Å². The summed E-state index contributed by atoms with van der Waals surface area (Å²) in [6.07, 6.45) is 1.34. The van der Waals surface area contributed by atoms with Gasteiger partial charge < -0.3 is 5.11 Å². The number of hydrogen-bond donors (Lipinski definition) is 1. The van der Waals surface area contributed by atoms with Gasteiger partial charge in [0.15, 0.2) is 5.12 Å². The normalized spacial score (nSPS) is 9.53. The zero-order valence-corrected chi connectivity index (χ0v) is 10.7. The highest BCUT2D eigenvalue weighted by molar-refractivity contribution is 8.13. The van der Waals surface area contributed by atoms with Gasteiger partial charge in [-0.2, -0.15) is 0 Å². The number of aliphatic hydroxyl groups excluding tert-OH is 1. The molecule has 0 fully saturated rings. The zero-order valence-electron chi connectivity index (χ0n) is 9.90. The van der Waals surface area contributed by atoms with Gasteiger partial charge >= 0.3 is 0 Å². The van der Waals surface area contributed by atoms with Crippen LogP contribution in [-0.4, -0.2) is 22.6 Å². The lowest BCUT2D eigenvalue weighted by atomic mass is 10.1. The van der Waals surface area contributed by atoms with E-state index < -0.39 is 0 Å². The second-order valence-corrected chi connectivity index (χ2v) is 4.79. The maximum atomic E-state index is 10.7. The van der Waals surface area contributed by atoms with E-state index in [9.17, 15) is 4.79 Å². The summed E-state index contributed by atoms with van der Waals surface area (Å²) in [5.41, 5.74) is 2.04. The lowest BCUT2D eigenvalue weighted by molar-refractivity contribution is -0.109. The molecule has 0 aliphatic heterocycles. The van der Waals surface area contributed by atoms with Gasteiger partial charge in [-0.15, -0.1) is 0 Å². The molecule has 90 valence electrons. The van der Waals surface area contributed by atoms with Crippen molar-refractivity contribution in [2.75, 3.05) is 12.4 Å². The first-order valence-electron chi connectivity index (χ1n) is 5.55. The summed E-state index contributed by atoms with van der Waals surface area (Å²) in [5.74, 6) is 6.88. The zero-order chi connectivity index (χ0) is 12.5. The molecule has 0 bridgehead atoms. The Balaban J connectivity index is 2.55. The van der Waals surface area contributed by atoms with Gasteiger partial charge in [-0.05, 0) is 18.1 Å². The molecular formula is C14H16O2S. The Hall–Kier alpha value is -1.24. The van der Waals surface area contributed by atoms with E-state index >= 15 is 0 Å². The Morgan fingerprint density at radius 2 is 2.18 bits per heavy atom. The van der Waals surface area contributed by atoms with E-state index in [1.54, 1.807) is 6.92 Å². The van der Waals surface area contributed by atoms with Crippen LogP contribution in [0.25, 0.3) is 0 Å². The number of carbonyl (C=O) groups is 1. The van der Waals surface area contributed by atoms with E-state index in [-0.39, 0.29) is 11.7 Å². The van der Waals surface area contributed by atoms with Crippen molar-refractivity contribution in [2.24, 2.45) is 0 Å². The molecule has 0 heterocycles. The minimum Gasteiger partial charge on any atom is -0.396 e. The van der Waals surface area contributed by atoms with E-state index in [4.69, 9.17) is 5.11 Å². The Bertz CT molecular complexity index is 429. The third-order valence-electron chi connectivity index (χ3n) is 2.15. The largest absolute Gasteiger partial charge is 0.396 e. The summed E-state index contributed by atoms with van der Waals surface area (Å²) in [7, 11) is 0. The van der Waals surface area contributed by atoms with Crippen LogP contribution in [0.15, 0.2) is 24.3 Å². The number of aliphatic hydroxyl groups is 1. The van der Waals surface area contributed by atoms with Crippen LogP contribution >= 0.6 is 11.8 Å². The second kappa shape index (κ2) is 7.94. The molecule has 0 amide bonds. The predicted molar refractivity (Wildman–Crippen MR) is 71.9 cm³/mol. The first-order valence-corrected chi connectivity index (χ1v) is 6.53. The lowest BCUT2D eigenvalue weighted by Crippen LogP contribution is -1.94. The first kappa shape index (κ1) is 13.8. The van der Waals surface area contributed by atoms with Gasteiger partial charge in [0.25, 0.3) is 0 Å². The monoisotopic (exact) mass is 248 g/mol. The van der Waals surface area contributed by atoms with E-state index in [1.807, 2.05) is 24.3 Å². The molecule has 0 aliphatic rings. The fourth-order valence-electron chi connectivity index (χ4n) is 1.38. The number of rotatable bonds is 4. The summed E-state index contributed by atoms with van der Waals surface area (Å²) >= 11 is 1.30. The summed E-state index contributed by atoms with van der Waals surface area (Å²) < 4.78 is 0. The molecule has 0 aromatic heterocycles. The van der Waals surface area contributed by atoms with E-state index in [0.717, 1.165) is 16.9 Å². The highest BCUT2D eigenvalue weighted by atomic mass is 32.2. The molecule has 0 saturated heterocycles. The molecule has 2 nitrogen and oxygen atoms in total. The molecule has 0 atom stereocenters. The Morgan fingerprint density at radius 1 is 1.41 bits per heavy atom. The van der Waals surface area contributed by atoms with Crippen LogP contribution in [-0.2, 0) is 11.2 Å². The van der Waals surface area contributed by atoms with Gasteiger partial charge in [-0.3, -0.25) is 4.79 Å². The molecule has 0 aliphatic carbocycles. The summed E-state index contributed by atoms with van der Waals surface area (Å²) in [6, 6.07) is 7.82. The highest BCUT2D eigenvalue weighted by Gasteiger charge is 1.97. The minimum absolute atomic E-state index is 0.132. The number of thioether (sulfide) groups is 1. The highest BCUT2D eigenvalue weighted by Crippen LogP contribution is 2.08. The molecule has 1 rings (SSSR count). The SMILES string of the molecule is CC(=O)SCCC#Cc1ccccc1CCO. The van der Waals surface area contributed by atoms with Gasteiger partial charge in [-0.25, -0.2) is 0 Å².